The lowest BCUT2D eigenvalue weighted by Crippen LogP contribution is -2.19. The lowest BCUT2D eigenvalue weighted by molar-refractivity contribution is -0.119. The second-order valence-corrected chi connectivity index (χ2v) is 5.12. The summed E-state index contributed by atoms with van der Waals surface area (Å²) in [7, 11) is 1.53. The van der Waals surface area contributed by atoms with Gasteiger partial charge < -0.3 is 10.6 Å². The van der Waals surface area contributed by atoms with Crippen molar-refractivity contribution in [2.75, 3.05) is 12.4 Å². The van der Waals surface area contributed by atoms with Crippen LogP contribution >= 0.6 is 11.3 Å². The van der Waals surface area contributed by atoms with Crippen LogP contribution in [0.2, 0.25) is 0 Å². The minimum absolute atomic E-state index is 0.144. The molecule has 1 amide bonds. The molecule has 0 aliphatic heterocycles. The maximum atomic E-state index is 13.4. The first-order chi connectivity index (χ1) is 9.99. The fourth-order valence-corrected chi connectivity index (χ4v) is 2.37. The highest BCUT2D eigenvalue weighted by molar-refractivity contribution is 7.09. The Morgan fingerprint density at radius 1 is 1.24 bits per heavy atom. The third-order valence-electron chi connectivity index (χ3n) is 2.66. The third kappa shape index (κ3) is 3.94. The van der Waals surface area contributed by atoms with Crippen LogP contribution in [0.25, 0.3) is 0 Å². The number of benzene rings is 1. The monoisotopic (exact) mass is 315 g/mol. The minimum atomic E-state index is -1.24. The second-order valence-electron chi connectivity index (χ2n) is 4.18. The summed E-state index contributed by atoms with van der Waals surface area (Å²) in [6.07, 6.45) is 0.167. The van der Waals surface area contributed by atoms with E-state index < -0.39 is 17.5 Å². The van der Waals surface area contributed by atoms with Gasteiger partial charge in [0.25, 0.3) is 0 Å². The van der Waals surface area contributed by atoms with Gasteiger partial charge in [0.15, 0.2) is 11.6 Å². The highest BCUT2D eigenvalue weighted by Crippen LogP contribution is 2.19. The molecule has 2 aromatic rings. The zero-order chi connectivity index (χ0) is 15.4. The average molecular weight is 315 g/mol. The molecule has 0 spiro atoms. The van der Waals surface area contributed by atoms with Crippen LogP contribution < -0.4 is 10.6 Å². The van der Waals surface area contributed by atoms with Crippen molar-refractivity contribution in [2.45, 2.75) is 13.0 Å². The van der Waals surface area contributed by atoms with Crippen LogP contribution in [0.15, 0.2) is 17.5 Å². The second kappa shape index (κ2) is 6.57. The van der Waals surface area contributed by atoms with Crippen molar-refractivity contribution >= 4 is 22.9 Å². The molecule has 1 heterocycles. The topological polar surface area (TPSA) is 54.0 Å². The summed E-state index contributed by atoms with van der Waals surface area (Å²) in [5.41, 5.74) is 0.442. The van der Waals surface area contributed by atoms with Gasteiger partial charge in [0, 0.05) is 24.6 Å². The zero-order valence-electron chi connectivity index (χ0n) is 11.0. The molecule has 1 aromatic heterocycles. The van der Waals surface area contributed by atoms with Crippen molar-refractivity contribution in [2.24, 2.45) is 0 Å². The Balaban J connectivity index is 2.00. The predicted octanol–water partition coefficient (Wildman–Crippen LogP) is 2.46. The van der Waals surface area contributed by atoms with Gasteiger partial charge in [0.05, 0.1) is 24.3 Å². The Morgan fingerprint density at radius 2 is 1.95 bits per heavy atom. The van der Waals surface area contributed by atoms with Gasteiger partial charge in [0.2, 0.25) is 5.91 Å². The molecule has 0 radical (unpaired) electrons. The highest BCUT2D eigenvalue weighted by Gasteiger charge is 2.11. The maximum Gasteiger partial charge on any atom is 0.226 e. The number of carbonyl (C=O) groups is 1. The first kappa shape index (κ1) is 15.3. The normalized spacial score (nSPS) is 10.5. The number of amides is 1. The third-order valence-corrected chi connectivity index (χ3v) is 3.56. The van der Waals surface area contributed by atoms with Crippen LogP contribution in [0.5, 0.6) is 0 Å². The molecule has 0 atom stereocenters. The summed E-state index contributed by atoms with van der Waals surface area (Å²) in [6.45, 7) is 0.145. The van der Waals surface area contributed by atoms with E-state index in [2.05, 4.69) is 15.6 Å². The van der Waals surface area contributed by atoms with Gasteiger partial charge in [-0.25, -0.2) is 18.2 Å². The molecular formula is C13H12F3N3OS. The van der Waals surface area contributed by atoms with E-state index in [1.165, 1.54) is 18.4 Å². The van der Waals surface area contributed by atoms with E-state index in [9.17, 15) is 18.0 Å². The van der Waals surface area contributed by atoms with E-state index in [0.29, 0.717) is 16.8 Å². The van der Waals surface area contributed by atoms with E-state index in [1.807, 2.05) is 0 Å². The number of nitrogens with zero attached hydrogens (tertiary/aromatic N) is 1. The fraction of sp³-hybridized carbons (Fsp3) is 0.231. The van der Waals surface area contributed by atoms with Crippen LogP contribution in [0.3, 0.4) is 0 Å². The summed E-state index contributed by atoms with van der Waals surface area (Å²) < 4.78 is 39.2. The van der Waals surface area contributed by atoms with E-state index in [1.54, 1.807) is 5.38 Å². The van der Waals surface area contributed by atoms with Crippen molar-refractivity contribution in [3.63, 3.8) is 0 Å². The molecule has 0 aliphatic rings. The van der Waals surface area contributed by atoms with Crippen molar-refractivity contribution in [3.8, 4) is 0 Å². The Hall–Kier alpha value is -2.09. The van der Waals surface area contributed by atoms with Crippen LogP contribution in [0, 0.1) is 17.5 Å². The Morgan fingerprint density at radius 3 is 2.67 bits per heavy atom. The minimum Gasteiger partial charge on any atom is -0.377 e. The summed E-state index contributed by atoms with van der Waals surface area (Å²) in [6, 6.07) is 1.23. The van der Waals surface area contributed by atoms with E-state index in [4.69, 9.17) is 0 Å². The maximum absolute atomic E-state index is 13.4. The molecule has 0 saturated carbocycles. The van der Waals surface area contributed by atoms with Crippen LogP contribution in [0.1, 0.15) is 10.7 Å². The highest BCUT2D eigenvalue weighted by atomic mass is 32.1. The van der Waals surface area contributed by atoms with Crippen LogP contribution in [0.4, 0.5) is 18.9 Å². The Bertz CT molecular complexity index is 660. The summed E-state index contributed by atoms with van der Waals surface area (Å²) in [4.78, 5) is 15.4. The standard InChI is InChI=1S/C13H12F3N3OS/c1-17-12(20)4-13-19-7(6-21-13)5-18-11-3-9(15)8(14)2-10(11)16/h2-3,6,18H,4-5H2,1H3,(H,17,20). The molecule has 2 N–H and O–H groups in total. The van der Waals surface area contributed by atoms with Crippen molar-refractivity contribution in [1.29, 1.82) is 0 Å². The molecule has 112 valence electrons. The number of nitrogens with one attached hydrogen (secondary N) is 2. The van der Waals surface area contributed by atoms with Gasteiger partial charge in [-0.3, -0.25) is 4.79 Å². The van der Waals surface area contributed by atoms with Crippen molar-refractivity contribution in [1.82, 2.24) is 10.3 Å². The van der Waals surface area contributed by atoms with Gasteiger partial charge in [0.1, 0.15) is 10.8 Å². The number of carbonyl (C=O) groups excluding carboxylic acids is 1. The number of aromatic nitrogens is 1. The van der Waals surface area contributed by atoms with E-state index in [-0.39, 0.29) is 24.6 Å². The number of anilines is 1. The molecule has 4 nitrogen and oxygen atoms in total. The number of rotatable bonds is 5. The summed E-state index contributed by atoms with van der Waals surface area (Å²) in [5.74, 6) is -3.40. The number of likely N-dealkylation sites (N-methyl/N-ethyl adjacent to an activating group) is 1. The molecule has 1 aromatic carbocycles. The Labute approximate surface area is 123 Å². The van der Waals surface area contributed by atoms with Gasteiger partial charge in [-0.1, -0.05) is 0 Å². The molecule has 0 saturated heterocycles. The number of hydrogen-bond donors (Lipinski definition) is 2. The number of hydrogen-bond acceptors (Lipinski definition) is 4. The molecule has 0 aliphatic carbocycles. The number of thiazole rings is 1. The lowest BCUT2D eigenvalue weighted by Gasteiger charge is -2.06. The largest absolute Gasteiger partial charge is 0.377 e. The predicted molar refractivity (Wildman–Crippen MR) is 73.5 cm³/mol. The summed E-state index contributed by atoms with van der Waals surface area (Å²) >= 11 is 1.30. The van der Waals surface area contributed by atoms with Gasteiger partial charge in [-0.05, 0) is 0 Å². The van der Waals surface area contributed by atoms with Gasteiger partial charge >= 0.3 is 0 Å². The first-order valence-electron chi connectivity index (χ1n) is 6.02. The van der Waals surface area contributed by atoms with E-state index in [0.717, 1.165) is 6.07 Å². The molecule has 21 heavy (non-hydrogen) atoms. The average Bonchev–Trinajstić information content (AvgIpc) is 2.88. The smallest absolute Gasteiger partial charge is 0.226 e. The van der Waals surface area contributed by atoms with Gasteiger partial charge in [-0.2, -0.15) is 0 Å². The van der Waals surface area contributed by atoms with E-state index >= 15 is 0 Å². The van der Waals surface area contributed by atoms with Crippen LogP contribution in [-0.2, 0) is 17.8 Å². The molecule has 2 rings (SSSR count). The molecule has 0 bridgehead atoms. The quantitative estimate of drug-likeness (QED) is 0.834. The van der Waals surface area contributed by atoms with Crippen molar-refractivity contribution in [3.05, 3.63) is 45.7 Å². The summed E-state index contributed by atoms with van der Waals surface area (Å²) in [5, 5.41) is 7.46. The molecular weight excluding hydrogens is 303 g/mol. The Kier molecular flexibility index (Phi) is 4.79. The SMILES string of the molecule is CNC(=O)Cc1nc(CNc2cc(F)c(F)cc2F)cs1. The zero-order valence-corrected chi connectivity index (χ0v) is 11.9. The molecule has 0 fully saturated rings. The van der Waals surface area contributed by atoms with Crippen molar-refractivity contribution < 1.29 is 18.0 Å². The molecule has 0 unspecified atom stereocenters. The lowest BCUT2D eigenvalue weighted by atomic mass is 10.2. The van der Waals surface area contributed by atoms with Crippen LogP contribution in [-0.4, -0.2) is 17.9 Å². The fourth-order valence-electron chi connectivity index (χ4n) is 1.58. The van der Waals surface area contributed by atoms with Gasteiger partial charge in [-0.15, -0.1) is 11.3 Å². The number of halogens is 3. The first-order valence-corrected chi connectivity index (χ1v) is 6.90. The molecule has 8 heteroatoms.